The lowest BCUT2D eigenvalue weighted by atomic mass is 10.2. The molecule has 0 radical (unpaired) electrons. The summed E-state index contributed by atoms with van der Waals surface area (Å²) < 4.78 is 35.4. The van der Waals surface area contributed by atoms with E-state index in [0.717, 1.165) is 13.4 Å². The minimum atomic E-state index is -3.90. The average molecular weight is 278 g/mol. The SMILES string of the molecule is COC(=O)c1c(OS(C)(=O)=O)noc1CC(N)=O. The van der Waals surface area contributed by atoms with E-state index in [2.05, 4.69) is 18.6 Å². The van der Waals surface area contributed by atoms with Crippen LogP contribution >= 0.6 is 0 Å². The van der Waals surface area contributed by atoms with Gasteiger partial charge in [-0.15, -0.1) is 0 Å². The van der Waals surface area contributed by atoms with Gasteiger partial charge in [0.25, 0.3) is 5.88 Å². The number of hydrogen-bond donors (Lipinski definition) is 1. The highest BCUT2D eigenvalue weighted by Gasteiger charge is 2.28. The maximum absolute atomic E-state index is 11.4. The van der Waals surface area contributed by atoms with Crippen LogP contribution in [0, 0.1) is 0 Å². The summed E-state index contributed by atoms with van der Waals surface area (Å²) in [6, 6.07) is 0. The second-order valence-corrected chi connectivity index (χ2v) is 4.78. The molecule has 1 aromatic rings. The zero-order chi connectivity index (χ0) is 13.9. The monoisotopic (exact) mass is 278 g/mol. The molecule has 1 rings (SSSR count). The number of esters is 1. The highest BCUT2D eigenvalue weighted by molar-refractivity contribution is 7.86. The summed E-state index contributed by atoms with van der Waals surface area (Å²) in [5, 5.41) is 3.24. The van der Waals surface area contributed by atoms with Crippen LogP contribution in [0.5, 0.6) is 5.88 Å². The van der Waals surface area contributed by atoms with Crippen LogP contribution < -0.4 is 9.92 Å². The summed E-state index contributed by atoms with van der Waals surface area (Å²) in [7, 11) is -2.84. The van der Waals surface area contributed by atoms with Gasteiger partial charge in [0.1, 0.15) is 0 Å². The number of nitrogens with zero attached hydrogens (tertiary/aromatic N) is 1. The molecule has 0 saturated carbocycles. The maximum atomic E-state index is 11.4. The van der Waals surface area contributed by atoms with E-state index in [-0.39, 0.29) is 11.3 Å². The summed E-state index contributed by atoms with van der Waals surface area (Å²) in [6.45, 7) is 0. The third-order valence-electron chi connectivity index (χ3n) is 1.69. The van der Waals surface area contributed by atoms with E-state index < -0.39 is 34.3 Å². The van der Waals surface area contributed by atoms with Crippen LogP contribution in [0.3, 0.4) is 0 Å². The minimum Gasteiger partial charge on any atom is -0.465 e. The number of carbonyl (C=O) groups excluding carboxylic acids is 2. The molecule has 0 atom stereocenters. The zero-order valence-corrected chi connectivity index (χ0v) is 10.3. The number of nitrogens with two attached hydrogens (primary N) is 1. The van der Waals surface area contributed by atoms with Gasteiger partial charge in [0.2, 0.25) is 5.91 Å². The lowest BCUT2D eigenvalue weighted by Crippen LogP contribution is -2.16. The van der Waals surface area contributed by atoms with Gasteiger partial charge in [-0.1, -0.05) is 0 Å². The first-order valence-corrected chi connectivity index (χ1v) is 6.31. The first-order chi connectivity index (χ1) is 8.24. The van der Waals surface area contributed by atoms with Crippen molar-refractivity contribution in [3.8, 4) is 5.88 Å². The molecule has 1 heterocycles. The molecule has 0 fully saturated rings. The molecular weight excluding hydrogens is 268 g/mol. The van der Waals surface area contributed by atoms with Crippen LogP contribution in [0.2, 0.25) is 0 Å². The number of carbonyl (C=O) groups is 2. The Morgan fingerprint density at radius 3 is 2.50 bits per heavy atom. The van der Waals surface area contributed by atoms with Crippen molar-refractivity contribution in [3.05, 3.63) is 11.3 Å². The molecule has 10 heteroatoms. The first kappa shape index (κ1) is 14.0. The second-order valence-electron chi connectivity index (χ2n) is 3.21. The third kappa shape index (κ3) is 3.45. The number of aromatic nitrogens is 1. The number of ether oxygens (including phenoxy) is 1. The number of primary amides is 1. The molecule has 0 unspecified atom stereocenters. The molecular formula is C8H10N2O7S. The smallest absolute Gasteiger partial charge is 0.347 e. The molecule has 0 spiro atoms. The molecule has 0 bridgehead atoms. The Balaban J connectivity index is 3.23. The Bertz CT molecular complexity index is 574. The van der Waals surface area contributed by atoms with Crippen LogP contribution in [-0.2, 0) is 26.1 Å². The Labute approximate surface area is 102 Å². The summed E-state index contributed by atoms with van der Waals surface area (Å²) >= 11 is 0. The van der Waals surface area contributed by atoms with Crippen molar-refractivity contribution in [1.82, 2.24) is 5.16 Å². The van der Waals surface area contributed by atoms with Crippen LogP contribution in [0.1, 0.15) is 16.1 Å². The summed E-state index contributed by atoms with van der Waals surface area (Å²) in [5.74, 6) is -2.57. The number of methoxy groups -OCH3 is 1. The van der Waals surface area contributed by atoms with Gasteiger partial charge in [0.15, 0.2) is 11.3 Å². The van der Waals surface area contributed by atoms with Crippen molar-refractivity contribution in [3.63, 3.8) is 0 Å². The van der Waals surface area contributed by atoms with Crippen molar-refractivity contribution in [2.45, 2.75) is 6.42 Å². The Hall–Kier alpha value is -2.10. The standard InChI is InChI=1S/C8H10N2O7S/c1-15-8(12)6-4(3-5(9)11)16-10-7(6)17-18(2,13)14/h3H2,1-2H3,(H2,9,11). The van der Waals surface area contributed by atoms with Crippen LogP contribution in [0.4, 0.5) is 0 Å². The van der Waals surface area contributed by atoms with Crippen molar-refractivity contribution in [1.29, 1.82) is 0 Å². The maximum Gasteiger partial charge on any atom is 0.347 e. The number of rotatable bonds is 5. The van der Waals surface area contributed by atoms with Gasteiger partial charge in [-0.2, -0.15) is 8.42 Å². The number of amides is 1. The lowest BCUT2D eigenvalue weighted by molar-refractivity contribution is -0.117. The third-order valence-corrected chi connectivity index (χ3v) is 2.15. The fourth-order valence-corrected chi connectivity index (χ4v) is 1.49. The topological polar surface area (TPSA) is 139 Å². The Morgan fingerprint density at radius 1 is 1.44 bits per heavy atom. The van der Waals surface area contributed by atoms with Gasteiger partial charge in [0.05, 0.1) is 19.8 Å². The molecule has 0 aliphatic carbocycles. The van der Waals surface area contributed by atoms with Crippen LogP contribution in [0.25, 0.3) is 0 Å². The van der Waals surface area contributed by atoms with Crippen LogP contribution in [0.15, 0.2) is 4.52 Å². The highest BCUT2D eigenvalue weighted by Crippen LogP contribution is 2.24. The van der Waals surface area contributed by atoms with E-state index in [4.69, 9.17) is 5.73 Å². The Morgan fingerprint density at radius 2 is 2.06 bits per heavy atom. The van der Waals surface area contributed by atoms with Gasteiger partial charge in [0, 0.05) is 0 Å². The highest BCUT2D eigenvalue weighted by atomic mass is 32.2. The van der Waals surface area contributed by atoms with Gasteiger partial charge in [-0.05, 0) is 5.16 Å². The van der Waals surface area contributed by atoms with E-state index >= 15 is 0 Å². The molecule has 0 aliphatic rings. The van der Waals surface area contributed by atoms with Gasteiger partial charge >= 0.3 is 16.1 Å². The molecule has 0 aromatic carbocycles. The van der Waals surface area contributed by atoms with Crippen LogP contribution in [-0.4, -0.2) is 38.8 Å². The van der Waals surface area contributed by atoms with Crippen molar-refractivity contribution in [2.75, 3.05) is 13.4 Å². The molecule has 0 saturated heterocycles. The van der Waals surface area contributed by atoms with E-state index in [0.29, 0.717) is 0 Å². The molecule has 100 valence electrons. The van der Waals surface area contributed by atoms with E-state index in [1.807, 2.05) is 0 Å². The Kier molecular flexibility index (Phi) is 3.91. The lowest BCUT2D eigenvalue weighted by Gasteiger charge is -2.01. The zero-order valence-electron chi connectivity index (χ0n) is 9.50. The fraction of sp³-hybridized carbons (Fsp3) is 0.375. The van der Waals surface area contributed by atoms with Gasteiger partial charge in [-0.3, -0.25) is 4.79 Å². The summed E-state index contributed by atoms with van der Waals surface area (Å²) in [6.07, 6.45) is 0.320. The summed E-state index contributed by atoms with van der Waals surface area (Å²) in [4.78, 5) is 22.2. The molecule has 18 heavy (non-hydrogen) atoms. The van der Waals surface area contributed by atoms with Gasteiger partial charge in [-0.25, -0.2) is 4.79 Å². The predicted molar refractivity (Wildman–Crippen MR) is 56.2 cm³/mol. The minimum absolute atomic E-state index is 0.229. The molecule has 2 N–H and O–H groups in total. The average Bonchev–Trinajstić information content (AvgIpc) is 2.56. The largest absolute Gasteiger partial charge is 0.465 e. The molecule has 9 nitrogen and oxygen atoms in total. The molecule has 1 amide bonds. The van der Waals surface area contributed by atoms with E-state index in [9.17, 15) is 18.0 Å². The van der Waals surface area contributed by atoms with Crippen molar-refractivity contribution >= 4 is 22.0 Å². The van der Waals surface area contributed by atoms with Crippen molar-refractivity contribution < 1.29 is 31.4 Å². The van der Waals surface area contributed by atoms with Crippen molar-refractivity contribution in [2.24, 2.45) is 5.73 Å². The predicted octanol–water partition coefficient (Wildman–Crippen LogP) is -1.17. The normalized spacial score (nSPS) is 11.0. The van der Waals surface area contributed by atoms with E-state index in [1.54, 1.807) is 0 Å². The fourth-order valence-electron chi connectivity index (χ4n) is 1.09. The van der Waals surface area contributed by atoms with Gasteiger partial charge < -0.3 is 19.2 Å². The van der Waals surface area contributed by atoms with E-state index in [1.165, 1.54) is 0 Å². The molecule has 0 aliphatic heterocycles. The molecule has 1 aromatic heterocycles. The second kappa shape index (κ2) is 5.04. The number of hydrogen-bond acceptors (Lipinski definition) is 8. The summed E-state index contributed by atoms with van der Waals surface area (Å²) in [5.41, 5.74) is 4.55. The quantitative estimate of drug-likeness (QED) is 0.524. The first-order valence-electron chi connectivity index (χ1n) is 4.49.